The van der Waals surface area contributed by atoms with Crippen LogP contribution in [0.15, 0.2) is 29.3 Å². The molecule has 2 rings (SSSR count). The van der Waals surface area contributed by atoms with E-state index in [1.807, 2.05) is 39.0 Å². The highest BCUT2D eigenvalue weighted by atomic mass is 32.1. The van der Waals surface area contributed by atoms with Gasteiger partial charge in [0, 0.05) is 19.0 Å². The Morgan fingerprint density at radius 2 is 2.00 bits per heavy atom. The lowest BCUT2D eigenvalue weighted by molar-refractivity contribution is 0.0531. The van der Waals surface area contributed by atoms with Gasteiger partial charge in [-0.3, -0.25) is 4.99 Å². The SMILES string of the molecule is CCNC(=NCC(C)c1ccccc1OC)NC(C)c1nc(C)c(C(=O)OCC)s1. The molecule has 8 heteroatoms. The summed E-state index contributed by atoms with van der Waals surface area (Å²) in [7, 11) is 1.68. The Labute approximate surface area is 182 Å². The van der Waals surface area contributed by atoms with Gasteiger partial charge in [0.15, 0.2) is 5.96 Å². The molecule has 2 N–H and O–H groups in total. The fraction of sp³-hybridized carbons (Fsp3) is 0.500. The van der Waals surface area contributed by atoms with Crippen LogP contribution in [-0.4, -0.2) is 43.7 Å². The van der Waals surface area contributed by atoms with E-state index in [0.29, 0.717) is 29.7 Å². The molecule has 1 aromatic carbocycles. The van der Waals surface area contributed by atoms with Gasteiger partial charge in [-0.2, -0.15) is 0 Å². The lowest BCUT2D eigenvalue weighted by Crippen LogP contribution is -2.39. The first kappa shape index (κ1) is 23.7. The number of guanidine groups is 1. The Kier molecular flexibility index (Phi) is 9.11. The molecular weight excluding hydrogens is 400 g/mol. The number of esters is 1. The molecule has 164 valence electrons. The number of ether oxygens (including phenoxy) is 2. The fourth-order valence-corrected chi connectivity index (χ4v) is 3.94. The second kappa shape index (κ2) is 11.5. The monoisotopic (exact) mass is 432 g/mol. The summed E-state index contributed by atoms with van der Waals surface area (Å²) in [5.41, 5.74) is 1.82. The lowest BCUT2D eigenvalue weighted by Gasteiger charge is -2.18. The Bertz CT molecular complexity index is 866. The smallest absolute Gasteiger partial charge is 0.350 e. The molecule has 0 aliphatic heterocycles. The molecule has 30 heavy (non-hydrogen) atoms. The molecule has 0 bridgehead atoms. The Balaban J connectivity index is 2.11. The van der Waals surface area contributed by atoms with E-state index in [9.17, 15) is 4.79 Å². The third-order valence-electron chi connectivity index (χ3n) is 4.53. The number of aromatic nitrogens is 1. The predicted molar refractivity (Wildman–Crippen MR) is 122 cm³/mol. The molecule has 1 aromatic heterocycles. The van der Waals surface area contributed by atoms with Crippen LogP contribution in [0.1, 0.15) is 65.6 Å². The van der Waals surface area contributed by atoms with E-state index in [2.05, 4.69) is 28.6 Å². The zero-order chi connectivity index (χ0) is 22.1. The van der Waals surface area contributed by atoms with Gasteiger partial charge in [-0.25, -0.2) is 9.78 Å². The molecule has 0 aliphatic carbocycles. The van der Waals surface area contributed by atoms with E-state index in [-0.39, 0.29) is 17.9 Å². The molecule has 0 radical (unpaired) electrons. The van der Waals surface area contributed by atoms with E-state index in [0.717, 1.165) is 22.9 Å². The van der Waals surface area contributed by atoms with Crippen LogP contribution in [0.3, 0.4) is 0 Å². The number of thiazole rings is 1. The van der Waals surface area contributed by atoms with Crippen molar-refractivity contribution in [2.45, 2.75) is 46.6 Å². The van der Waals surface area contributed by atoms with E-state index in [4.69, 9.17) is 14.5 Å². The molecule has 0 saturated carbocycles. The zero-order valence-corrected chi connectivity index (χ0v) is 19.4. The van der Waals surface area contributed by atoms with Crippen LogP contribution in [-0.2, 0) is 4.74 Å². The number of carbonyl (C=O) groups excluding carboxylic acids is 1. The number of rotatable bonds is 9. The van der Waals surface area contributed by atoms with Crippen molar-refractivity contribution in [3.8, 4) is 5.75 Å². The first-order valence-corrected chi connectivity index (χ1v) is 11.0. The highest BCUT2D eigenvalue weighted by Gasteiger charge is 2.20. The van der Waals surface area contributed by atoms with Crippen LogP contribution in [0.5, 0.6) is 5.75 Å². The van der Waals surface area contributed by atoms with E-state index >= 15 is 0 Å². The average Bonchev–Trinajstić information content (AvgIpc) is 3.14. The lowest BCUT2D eigenvalue weighted by atomic mass is 10.0. The van der Waals surface area contributed by atoms with Crippen LogP contribution in [0, 0.1) is 6.92 Å². The number of aliphatic imine (C=N–C) groups is 1. The number of nitrogens with one attached hydrogen (secondary N) is 2. The molecule has 0 saturated heterocycles. The minimum absolute atomic E-state index is 0.101. The summed E-state index contributed by atoms with van der Waals surface area (Å²) in [5, 5.41) is 7.48. The van der Waals surface area contributed by atoms with Crippen molar-refractivity contribution >= 4 is 23.3 Å². The summed E-state index contributed by atoms with van der Waals surface area (Å²) in [6.45, 7) is 11.5. The van der Waals surface area contributed by atoms with Gasteiger partial charge in [0.25, 0.3) is 0 Å². The number of hydrogen-bond donors (Lipinski definition) is 2. The van der Waals surface area contributed by atoms with Crippen molar-refractivity contribution in [2.75, 3.05) is 26.8 Å². The maximum Gasteiger partial charge on any atom is 0.350 e. The first-order valence-electron chi connectivity index (χ1n) is 10.2. The molecule has 7 nitrogen and oxygen atoms in total. The minimum Gasteiger partial charge on any atom is -0.496 e. The highest BCUT2D eigenvalue weighted by Crippen LogP contribution is 2.27. The number of para-hydroxylation sites is 1. The number of nitrogens with zero attached hydrogens (tertiary/aromatic N) is 2. The predicted octanol–water partition coefficient (Wildman–Crippen LogP) is 4.06. The standard InChI is InChI=1S/C22H32N4O3S/c1-7-23-22(24-13-14(3)17-11-9-10-12-18(17)28-6)26-16(5)20-25-15(4)19(30-20)21(27)29-8-2/h9-12,14,16H,7-8,13H2,1-6H3,(H2,23,24,26). The van der Waals surface area contributed by atoms with Gasteiger partial charge in [0.1, 0.15) is 15.6 Å². The third-order valence-corrected chi connectivity index (χ3v) is 5.86. The van der Waals surface area contributed by atoms with Crippen molar-refractivity contribution in [2.24, 2.45) is 4.99 Å². The van der Waals surface area contributed by atoms with E-state index in [1.165, 1.54) is 11.3 Å². The van der Waals surface area contributed by atoms with Crippen LogP contribution < -0.4 is 15.4 Å². The van der Waals surface area contributed by atoms with Gasteiger partial charge < -0.3 is 20.1 Å². The molecule has 2 atom stereocenters. The van der Waals surface area contributed by atoms with Gasteiger partial charge in [0.2, 0.25) is 0 Å². The number of benzene rings is 1. The summed E-state index contributed by atoms with van der Waals surface area (Å²) >= 11 is 1.35. The van der Waals surface area contributed by atoms with Gasteiger partial charge in [0.05, 0.1) is 25.5 Å². The van der Waals surface area contributed by atoms with E-state index in [1.54, 1.807) is 14.0 Å². The first-order chi connectivity index (χ1) is 14.4. The Hall–Kier alpha value is -2.61. The quantitative estimate of drug-likeness (QED) is 0.353. The van der Waals surface area contributed by atoms with Gasteiger partial charge in [-0.05, 0) is 39.3 Å². The summed E-state index contributed by atoms with van der Waals surface area (Å²) in [6.07, 6.45) is 0. The number of aryl methyl sites for hydroxylation is 1. The van der Waals surface area contributed by atoms with Crippen molar-refractivity contribution in [3.05, 3.63) is 45.4 Å². The van der Waals surface area contributed by atoms with Crippen LogP contribution >= 0.6 is 11.3 Å². The average molecular weight is 433 g/mol. The van der Waals surface area contributed by atoms with Crippen molar-refractivity contribution in [1.29, 1.82) is 0 Å². The summed E-state index contributed by atoms with van der Waals surface area (Å²) in [4.78, 5) is 21.9. The molecule has 0 spiro atoms. The highest BCUT2D eigenvalue weighted by molar-refractivity contribution is 7.13. The number of methoxy groups -OCH3 is 1. The second-order valence-corrected chi connectivity index (χ2v) is 7.95. The third kappa shape index (κ3) is 6.19. The molecule has 1 heterocycles. The number of carbonyl (C=O) groups is 1. The fourth-order valence-electron chi connectivity index (χ4n) is 2.98. The van der Waals surface area contributed by atoms with Gasteiger partial charge in [-0.1, -0.05) is 25.1 Å². The number of hydrogen-bond acceptors (Lipinski definition) is 6. The van der Waals surface area contributed by atoms with Crippen molar-refractivity contribution < 1.29 is 14.3 Å². The Morgan fingerprint density at radius 3 is 2.67 bits per heavy atom. The summed E-state index contributed by atoms with van der Waals surface area (Å²) in [6, 6.07) is 7.91. The maximum atomic E-state index is 12.1. The minimum atomic E-state index is -0.322. The zero-order valence-electron chi connectivity index (χ0n) is 18.6. The van der Waals surface area contributed by atoms with Gasteiger partial charge in [-0.15, -0.1) is 11.3 Å². The molecule has 0 amide bonds. The second-order valence-electron chi connectivity index (χ2n) is 6.92. The van der Waals surface area contributed by atoms with E-state index < -0.39 is 0 Å². The Morgan fingerprint density at radius 1 is 1.27 bits per heavy atom. The van der Waals surface area contributed by atoms with Crippen LogP contribution in [0.4, 0.5) is 0 Å². The normalized spacial score (nSPS) is 13.5. The van der Waals surface area contributed by atoms with Crippen molar-refractivity contribution in [1.82, 2.24) is 15.6 Å². The molecular formula is C22H32N4O3S. The summed E-state index contributed by atoms with van der Waals surface area (Å²) in [5.74, 6) is 1.45. The van der Waals surface area contributed by atoms with Crippen molar-refractivity contribution in [3.63, 3.8) is 0 Å². The maximum absolute atomic E-state index is 12.1. The summed E-state index contributed by atoms with van der Waals surface area (Å²) < 4.78 is 10.6. The van der Waals surface area contributed by atoms with Crippen LogP contribution in [0.25, 0.3) is 0 Å². The molecule has 0 fully saturated rings. The van der Waals surface area contributed by atoms with Gasteiger partial charge >= 0.3 is 5.97 Å². The molecule has 2 unspecified atom stereocenters. The van der Waals surface area contributed by atoms with Crippen LogP contribution in [0.2, 0.25) is 0 Å². The molecule has 2 aromatic rings. The molecule has 0 aliphatic rings. The largest absolute Gasteiger partial charge is 0.496 e. The topological polar surface area (TPSA) is 84.8 Å².